The molecule has 1 unspecified atom stereocenters. The fourth-order valence-corrected chi connectivity index (χ4v) is 1.90. The monoisotopic (exact) mass is 284 g/mol. The molecule has 0 saturated heterocycles. The van der Waals surface area contributed by atoms with E-state index >= 15 is 0 Å². The molecule has 0 aliphatic rings. The molecule has 1 heterocycles. The molecule has 0 bridgehead atoms. The van der Waals surface area contributed by atoms with Crippen LogP contribution in [0.3, 0.4) is 0 Å². The molecule has 2 rings (SSSR count). The lowest BCUT2D eigenvalue weighted by Gasteiger charge is -2.12. The van der Waals surface area contributed by atoms with Gasteiger partial charge in [-0.3, -0.25) is 4.98 Å². The summed E-state index contributed by atoms with van der Waals surface area (Å²) in [6.45, 7) is 0. The van der Waals surface area contributed by atoms with Crippen molar-refractivity contribution in [2.45, 2.75) is 6.10 Å². The van der Waals surface area contributed by atoms with Crippen LogP contribution in [0.4, 0.5) is 0 Å². The Morgan fingerprint density at radius 3 is 2.44 bits per heavy atom. The minimum atomic E-state index is -0.951. The van der Waals surface area contributed by atoms with Crippen LogP contribution in [0.5, 0.6) is 5.75 Å². The van der Waals surface area contributed by atoms with E-state index in [2.05, 4.69) is 9.97 Å². The van der Waals surface area contributed by atoms with Gasteiger partial charge in [-0.1, -0.05) is 35.3 Å². The number of aliphatic hydroxyl groups excluding tert-OH is 1. The first-order valence-electron chi connectivity index (χ1n) is 5.11. The summed E-state index contributed by atoms with van der Waals surface area (Å²) in [5.41, 5.74) is 0.917. The normalized spacial score (nSPS) is 12.2. The molecule has 0 radical (unpaired) electrons. The molecule has 0 amide bonds. The van der Waals surface area contributed by atoms with E-state index in [1.807, 2.05) is 0 Å². The number of aliphatic hydroxyl groups is 1. The van der Waals surface area contributed by atoms with Crippen LogP contribution in [-0.4, -0.2) is 22.2 Å². The molecule has 1 aromatic heterocycles. The van der Waals surface area contributed by atoms with E-state index < -0.39 is 6.10 Å². The van der Waals surface area contributed by atoms with Crippen LogP contribution < -0.4 is 4.74 Å². The first kappa shape index (κ1) is 13.1. The van der Waals surface area contributed by atoms with Crippen molar-refractivity contribution in [2.75, 3.05) is 7.11 Å². The molecule has 1 atom stereocenters. The SMILES string of the molecule is COc1ccc(C(O)c2ncc(Cl)nc2Cl)cc1. The van der Waals surface area contributed by atoms with Crippen molar-refractivity contribution in [3.8, 4) is 5.75 Å². The summed E-state index contributed by atoms with van der Waals surface area (Å²) in [6.07, 6.45) is 0.392. The number of ether oxygens (including phenoxy) is 1. The van der Waals surface area contributed by atoms with Crippen LogP contribution in [0.25, 0.3) is 0 Å². The highest BCUT2D eigenvalue weighted by molar-refractivity contribution is 6.32. The Kier molecular flexibility index (Phi) is 4.01. The van der Waals surface area contributed by atoms with Crippen LogP contribution >= 0.6 is 23.2 Å². The molecule has 1 aromatic carbocycles. The zero-order valence-electron chi connectivity index (χ0n) is 9.47. The first-order chi connectivity index (χ1) is 8.61. The van der Waals surface area contributed by atoms with E-state index in [0.717, 1.165) is 0 Å². The van der Waals surface area contributed by atoms with E-state index in [0.29, 0.717) is 11.3 Å². The number of hydrogen-bond acceptors (Lipinski definition) is 4. The molecule has 2 aromatic rings. The number of nitrogens with zero attached hydrogens (tertiary/aromatic N) is 2. The molecular formula is C12H10Cl2N2O2. The maximum Gasteiger partial charge on any atom is 0.155 e. The summed E-state index contributed by atoms with van der Waals surface area (Å²) in [5.74, 6) is 0.708. The summed E-state index contributed by atoms with van der Waals surface area (Å²) in [6, 6.07) is 6.96. The topological polar surface area (TPSA) is 55.2 Å². The second-order valence-electron chi connectivity index (χ2n) is 3.54. The molecule has 0 fully saturated rings. The maximum absolute atomic E-state index is 10.2. The molecule has 0 aliphatic carbocycles. The molecule has 1 N–H and O–H groups in total. The third-order valence-corrected chi connectivity index (χ3v) is 2.88. The van der Waals surface area contributed by atoms with Crippen LogP contribution in [0.2, 0.25) is 10.3 Å². The standard InChI is InChI=1S/C12H10Cl2N2O2/c1-18-8-4-2-7(3-5-8)11(17)10-12(14)16-9(13)6-15-10/h2-6,11,17H,1H3. The van der Waals surface area contributed by atoms with E-state index in [9.17, 15) is 5.11 Å². The molecule has 0 spiro atoms. The van der Waals surface area contributed by atoms with Gasteiger partial charge in [0.25, 0.3) is 0 Å². The number of benzene rings is 1. The van der Waals surface area contributed by atoms with E-state index in [1.165, 1.54) is 6.20 Å². The smallest absolute Gasteiger partial charge is 0.155 e. The molecule has 0 saturated carbocycles. The van der Waals surface area contributed by atoms with Gasteiger partial charge in [0.05, 0.1) is 13.3 Å². The second kappa shape index (κ2) is 5.52. The van der Waals surface area contributed by atoms with Gasteiger partial charge in [0, 0.05) is 0 Å². The summed E-state index contributed by atoms with van der Waals surface area (Å²) in [7, 11) is 1.58. The van der Waals surface area contributed by atoms with Crippen LogP contribution in [0.1, 0.15) is 17.4 Å². The Bertz CT molecular complexity index is 546. The van der Waals surface area contributed by atoms with Gasteiger partial charge in [-0.05, 0) is 17.7 Å². The van der Waals surface area contributed by atoms with Crippen molar-refractivity contribution in [1.29, 1.82) is 0 Å². The minimum Gasteiger partial charge on any atom is -0.497 e. The van der Waals surface area contributed by atoms with Crippen molar-refractivity contribution in [3.05, 3.63) is 52.0 Å². The average molecular weight is 285 g/mol. The van der Waals surface area contributed by atoms with Crippen molar-refractivity contribution < 1.29 is 9.84 Å². The van der Waals surface area contributed by atoms with Crippen molar-refractivity contribution >= 4 is 23.2 Å². The van der Waals surface area contributed by atoms with Gasteiger partial charge < -0.3 is 9.84 Å². The number of methoxy groups -OCH3 is 1. The van der Waals surface area contributed by atoms with Gasteiger partial charge in [0.1, 0.15) is 22.7 Å². The van der Waals surface area contributed by atoms with E-state index in [1.54, 1.807) is 31.4 Å². The fraction of sp³-hybridized carbons (Fsp3) is 0.167. The van der Waals surface area contributed by atoms with Gasteiger partial charge in [-0.2, -0.15) is 0 Å². The maximum atomic E-state index is 10.2. The predicted octanol–water partition coefficient (Wildman–Crippen LogP) is 2.87. The largest absolute Gasteiger partial charge is 0.497 e. The number of hydrogen-bond donors (Lipinski definition) is 1. The molecular weight excluding hydrogens is 275 g/mol. The van der Waals surface area contributed by atoms with E-state index in [-0.39, 0.29) is 16.0 Å². The Hall–Kier alpha value is -1.36. The van der Waals surface area contributed by atoms with Gasteiger partial charge in [-0.25, -0.2) is 4.98 Å². The van der Waals surface area contributed by atoms with E-state index in [4.69, 9.17) is 27.9 Å². The highest BCUT2D eigenvalue weighted by Crippen LogP contribution is 2.27. The van der Waals surface area contributed by atoms with Crippen LogP contribution in [0, 0.1) is 0 Å². The van der Waals surface area contributed by atoms with Gasteiger partial charge >= 0.3 is 0 Å². The summed E-state index contributed by atoms with van der Waals surface area (Å²) in [4.78, 5) is 7.83. The zero-order chi connectivity index (χ0) is 13.1. The number of rotatable bonds is 3. The highest BCUT2D eigenvalue weighted by atomic mass is 35.5. The average Bonchev–Trinajstić information content (AvgIpc) is 2.38. The van der Waals surface area contributed by atoms with Gasteiger partial charge in [0.15, 0.2) is 5.15 Å². The number of aromatic nitrogens is 2. The predicted molar refractivity (Wildman–Crippen MR) is 69.1 cm³/mol. The van der Waals surface area contributed by atoms with Gasteiger partial charge in [-0.15, -0.1) is 0 Å². The van der Waals surface area contributed by atoms with Crippen molar-refractivity contribution in [3.63, 3.8) is 0 Å². The lowest BCUT2D eigenvalue weighted by atomic mass is 10.1. The lowest BCUT2D eigenvalue weighted by molar-refractivity contribution is 0.215. The zero-order valence-corrected chi connectivity index (χ0v) is 11.0. The highest BCUT2D eigenvalue weighted by Gasteiger charge is 2.17. The fourth-order valence-electron chi connectivity index (χ4n) is 1.48. The first-order valence-corrected chi connectivity index (χ1v) is 5.87. The summed E-state index contributed by atoms with van der Waals surface area (Å²) >= 11 is 11.5. The summed E-state index contributed by atoms with van der Waals surface area (Å²) < 4.78 is 5.04. The van der Waals surface area contributed by atoms with Crippen molar-refractivity contribution in [2.24, 2.45) is 0 Å². The molecule has 18 heavy (non-hydrogen) atoms. The molecule has 94 valence electrons. The molecule has 0 aliphatic heterocycles. The summed E-state index contributed by atoms with van der Waals surface area (Å²) in [5, 5.41) is 10.4. The lowest BCUT2D eigenvalue weighted by Crippen LogP contribution is -2.04. The second-order valence-corrected chi connectivity index (χ2v) is 4.29. The van der Waals surface area contributed by atoms with Gasteiger partial charge in [0.2, 0.25) is 0 Å². The Labute approximate surface area is 114 Å². The van der Waals surface area contributed by atoms with Crippen molar-refractivity contribution in [1.82, 2.24) is 9.97 Å². The Morgan fingerprint density at radius 2 is 1.89 bits per heavy atom. The third-order valence-electron chi connectivity index (χ3n) is 2.42. The Balaban J connectivity index is 2.31. The minimum absolute atomic E-state index is 0.0887. The molecule has 4 nitrogen and oxygen atoms in total. The third kappa shape index (κ3) is 2.72. The molecule has 6 heteroatoms. The quantitative estimate of drug-likeness (QED) is 0.942. The Morgan fingerprint density at radius 1 is 1.22 bits per heavy atom. The van der Waals surface area contributed by atoms with Crippen LogP contribution in [0.15, 0.2) is 30.5 Å². The number of halogens is 2. The van der Waals surface area contributed by atoms with Crippen LogP contribution in [-0.2, 0) is 0 Å².